The Morgan fingerprint density at radius 3 is 3.00 bits per heavy atom. The number of hydrogen-bond acceptors (Lipinski definition) is 4. The van der Waals surface area contributed by atoms with Crippen molar-refractivity contribution in [1.29, 1.82) is 0 Å². The summed E-state index contributed by atoms with van der Waals surface area (Å²) in [4.78, 5) is 25.3. The van der Waals surface area contributed by atoms with E-state index in [4.69, 9.17) is 4.98 Å². The highest BCUT2D eigenvalue weighted by atomic mass is 32.1. The van der Waals surface area contributed by atoms with Gasteiger partial charge in [0.15, 0.2) is 5.82 Å². The molecule has 1 unspecified atom stereocenters. The number of aromatic nitrogens is 2. The maximum absolute atomic E-state index is 12.7. The van der Waals surface area contributed by atoms with Crippen LogP contribution in [0.4, 0.5) is 0 Å². The molecule has 4 heterocycles. The number of thiophene rings is 2. The molecule has 2 atom stereocenters. The second kappa shape index (κ2) is 6.43. The molecule has 0 spiro atoms. The van der Waals surface area contributed by atoms with Crippen molar-refractivity contribution in [3.63, 3.8) is 0 Å². The molecular formula is C18H22N3OS2+. The first kappa shape index (κ1) is 16.0. The summed E-state index contributed by atoms with van der Waals surface area (Å²) in [6.07, 6.45) is 3.86. The van der Waals surface area contributed by atoms with Crippen molar-refractivity contribution in [3.05, 3.63) is 38.6 Å². The highest BCUT2D eigenvalue weighted by Crippen LogP contribution is 2.34. The number of likely N-dealkylation sites (tertiary alicyclic amines) is 1. The van der Waals surface area contributed by atoms with E-state index in [1.807, 2.05) is 0 Å². The summed E-state index contributed by atoms with van der Waals surface area (Å²) in [6, 6.07) is 4.84. The van der Waals surface area contributed by atoms with Gasteiger partial charge in [0.2, 0.25) is 0 Å². The maximum Gasteiger partial charge on any atom is 0.260 e. The molecule has 1 aliphatic heterocycles. The average molecular weight is 361 g/mol. The Kier molecular flexibility index (Phi) is 4.28. The van der Waals surface area contributed by atoms with Crippen LogP contribution < -0.4 is 10.5 Å². The van der Waals surface area contributed by atoms with Crippen molar-refractivity contribution in [2.24, 2.45) is 0 Å². The van der Waals surface area contributed by atoms with E-state index < -0.39 is 0 Å². The number of rotatable bonds is 3. The monoisotopic (exact) mass is 360 g/mol. The molecule has 1 aliphatic rings. The summed E-state index contributed by atoms with van der Waals surface area (Å²) in [7, 11) is 0. The third-order valence-electron chi connectivity index (χ3n) is 4.98. The van der Waals surface area contributed by atoms with E-state index in [0.29, 0.717) is 6.04 Å². The number of aryl methyl sites for hydroxylation is 1. The first-order valence-electron chi connectivity index (χ1n) is 8.53. The molecule has 0 aromatic carbocycles. The van der Waals surface area contributed by atoms with Gasteiger partial charge in [-0.1, -0.05) is 0 Å². The van der Waals surface area contributed by atoms with Crippen LogP contribution in [0, 0.1) is 6.92 Å². The van der Waals surface area contributed by atoms with Crippen LogP contribution in [-0.2, 0) is 6.54 Å². The van der Waals surface area contributed by atoms with Crippen LogP contribution in [0.1, 0.15) is 36.9 Å². The van der Waals surface area contributed by atoms with E-state index in [9.17, 15) is 4.79 Å². The number of nitrogens with one attached hydrogen (secondary N) is 2. The molecule has 3 aromatic heterocycles. The van der Waals surface area contributed by atoms with Crippen molar-refractivity contribution in [2.45, 2.75) is 45.7 Å². The largest absolute Gasteiger partial charge is 0.326 e. The van der Waals surface area contributed by atoms with Crippen molar-refractivity contribution in [3.8, 4) is 10.4 Å². The van der Waals surface area contributed by atoms with Gasteiger partial charge in [0.1, 0.15) is 11.4 Å². The third-order valence-corrected chi connectivity index (χ3v) is 6.88. The molecule has 4 nitrogen and oxygen atoms in total. The Bertz CT molecular complexity index is 924. The normalized spacial score (nSPS) is 21.4. The summed E-state index contributed by atoms with van der Waals surface area (Å²) >= 11 is 3.30. The smallest absolute Gasteiger partial charge is 0.260 e. The number of H-pyrrole nitrogens is 1. The lowest BCUT2D eigenvalue weighted by atomic mass is 10.0. The number of piperidine rings is 1. The van der Waals surface area contributed by atoms with Gasteiger partial charge in [0.25, 0.3) is 5.56 Å². The van der Waals surface area contributed by atoms with Crippen LogP contribution in [0.3, 0.4) is 0 Å². The fourth-order valence-corrected chi connectivity index (χ4v) is 5.49. The number of quaternary nitrogens is 1. The molecule has 0 bridgehead atoms. The Morgan fingerprint density at radius 2 is 2.25 bits per heavy atom. The van der Waals surface area contributed by atoms with Gasteiger partial charge in [0.05, 0.1) is 18.0 Å². The van der Waals surface area contributed by atoms with E-state index in [2.05, 4.69) is 36.3 Å². The van der Waals surface area contributed by atoms with E-state index >= 15 is 0 Å². The summed E-state index contributed by atoms with van der Waals surface area (Å²) in [6.45, 7) is 6.38. The topological polar surface area (TPSA) is 50.2 Å². The van der Waals surface area contributed by atoms with Crippen molar-refractivity contribution < 1.29 is 4.90 Å². The fourth-order valence-electron chi connectivity index (χ4n) is 3.57. The number of nitrogens with zero attached hydrogens (tertiary/aromatic N) is 1. The maximum atomic E-state index is 12.7. The van der Waals surface area contributed by atoms with Gasteiger partial charge in [-0.3, -0.25) is 4.79 Å². The summed E-state index contributed by atoms with van der Waals surface area (Å²) in [5.74, 6) is 0.826. The van der Waals surface area contributed by atoms with Crippen LogP contribution in [0.25, 0.3) is 20.7 Å². The molecule has 0 amide bonds. The van der Waals surface area contributed by atoms with Crippen molar-refractivity contribution in [2.75, 3.05) is 6.54 Å². The van der Waals surface area contributed by atoms with Crippen molar-refractivity contribution in [1.82, 2.24) is 9.97 Å². The molecule has 6 heteroatoms. The lowest BCUT2D eigenvalue weighted by Crippen LogP contribution is -3.15. The fraction of sp³-hybridized carbons (Fsp3) is 0.444. The van der Waals surface area contributed by atoms with Crippen LogP contribution in [0.15, 0.2) is 22.3 Å². The Labute approximate surface area is 149 Å². The van der Waals surface area contributed by atoms with E-state index in [1.165, 1.54) is 35.6 Å². The van der Waals surface area contributed by atoms with Crippen LogP contribution in [0.5, 0.6) is 0 Å². The van der Waals surface area contributed by atoms with Gasteiger partial charge in [-0.15, -0.1) is 22.7 Å². The quantitative estimate of drug-likeness (QED) is 0.754. The van der Waals surface area contributed by atoms with E-state index in [-0.39, 0.29) is 5.56 Å². The van der Waals surface area contributed by atoms with E-state index in [0.717, 1.165) is 33.0 Å². The zero-order valence-corrected chi connectivity index (χ0v) is 15.6. The van der Waals surface area contributed by atoms with E-state index in [1.54, 1.807) is 22.7 Å². The molecule has 2 N–H and O–H groups in total. The molecule has 0 aliphatic carbocycles. The lowest BCUT2D eigenvalue weighted by Gasteiger charge is -2.29. The molecule has 0 saturated carbocycles. The summed E-state index contributed by atoms with van der Waals surface area (Å²) in [5.41, 5.74) is 1.02. The minimum atomic E-state index is 0.00126. The predicted octanol–water partition coefficient (Wildman–Crippen LogP) is 2.98. The SMILES string of the molecule is Cc1ccc(-c2csc3nc(C[NH+]4CCCC[C@H]4C)[nH]c(=O)c23)s1. The highest BCUT2D eigenvalue weighted by Gasteiger charge is 2.23. The van der Waals surface area contributed by atoms with Crippen LogP contribution >= 0.6 is 22.7 Å². The predicted molar refractivity (Wildman–Crippen MR) is 101 cm³/mol. The minimum absolute atomic E-state index is 0.00126. The van der Waals surface area contributed by atoms with Gasteiger partial charge in [-0.25, -0.2) is 4.98 Å². The Hall–Kier alpha value is -1.50. The van der Waals surface area contributed by atoms with Crippen molar-refractivity contribution >= 4 is 32.9 Å². The van der Waals surface area contributed by atoms with Gasteiger partial charge in [-0.2, -0.15) is 0 Å². The standard InChI is InChI=1S/C18H21N3OS2/c1-11-5-3-4-8-21(11)9-15-19-17(22)16-13(10-23-18(16)20-15)14-7-6-12(2)24-14/h6-7,10-11H,3-5,8-9H2,1-2H3,(H,19,20,22)/p+1/t11-/m1/s1. The number of hydrogen-bond donors (Lipinski definition) is 2. The third kappa shape index (κ3) is 2.94. The minimum Gasteiger partial charge on any atom is -0.326 e. The summed E-state index contributed by atoms with van der Waals surface area (Å²) in [5, 5.41) is 2.81. The highest BCUT2D eigenvalue weighted by molar-refractivity contribution is 7.19. The average Bonchev–Trinajstić information content (AvgIpc) is 3.16. The molecule has 4 rings (SSSR count). The molecule has 0 radical (unpaired) electrons. The summed E-state index contributed by atoms with van der Waals surface area (Å²) < 4.78 is 0. The van der Waals surface area contributed by atoms with Gasteiger partial charge < -0.3 is 9.88 Å². The molecule has 1 saturated heterocycles. The van der Waals surface area contributed by atoms with Crippen LogP contribution in [-0.4, -0.2) is 22.6 Å². The Morgan fingerprint density at radius 1 is 1.38 bits per heavy atom. The molecular weight excluding hydrogens is 338 g/mol. The first-order valence-corrected chi connectivity index (χ1v) is 10.2. The van der Waals surface area contributed by atoms with Gasteiger partial charge >= 0.3 is 0 Å². The lowest BCUT2D eigenvalue weighted by molar-refractivity contribution is -0.942. The van der Waals surface area contributed by atoms with Crippen LogP contribution in [0.2, 0.25) is 0 Å². The molecule has 126 valence electrons. The Balaban J connectivity index is 1.70. The first-order chi connectivity index (χ1) is 11.6. The zero-order valence-electron chi connectivity index (χ0n) is 14.0. The van der Waals surface area contributed by atoms with Gasteiger partial charge in [-0.05, 0) is 45.2 Å². The second-order valence-electron chi connectivity index (χ2n) is 6.73. The van der Waals surface area contributed by atoms with Gasteiger partial charge in [0, 0.05) is 20.7 Å². The second-order valence-corrected chi connectivity index (χ2v) is 8.88. The molecule has 24 heavy (non-hydrogen) atoms. The zero-order chi connectivity index (χ0) is 16.7. The molecule has 1 fully saturated rings. The molecule has 3 aromatic rings. The number of fused-ring (bicyclic) bond motifs is 1. The number of aromatic amines is 1.